The summed E-state index contributed by atoms with van der Waals surface area (Å²) in [5, 5.41) is 6.48. The molecule has 2 aromatic carbocycles. The first-order chi connectivity index (χ1) is 10.5. The van der Waals surface area contributed by atoms with Gasteiger partial charge in [0.25, 0.3) is 0 Å². The van der Waals surface area contributed by atoms with Crippen LogP contribution in [0.15, 0.2) is 42.5 Å². The minimum atomic E-state index is -0.438. The number of methoxy groups -OCH3 is 1. The zero-order valence-corrected chi connectivity index (χ0v) is 13.6. The van der Waals surface area contributed by atoms with E-state index in [1.807, 2.05) is 37.3 Å². The number of amides is 1. The molecule has 0 aliphatic rings. The van der Waals surface area contributed by atoms with Crippen LogP contribution in [0.1, 0.15) is 12.5 Å². The van der Waals surface area contributed by atoms with Gasteiger partial charge in [0.2, 0.25) is 5.91 Å². The van der Waals surface area contributed by atoms with Gasteiger partial charge in [0.1, 0.15) is 11.8 Å². The summed E-state index contributed by atoms with van der Waals surface area (Å²) in [6, 6.07) is 12.5. The SMILES string of the molecule is COc1ccc(C)cc1NC(C)C(=O)Nc1ccccc1Cl. The highest BCUT2D eigenvalue weighted by Gasteiger charge is 2.15. The third-order valence-electron chi connectivity index (χ3n) is 3.25. The molecule has 4 nitrogen and oxygen atoms in total. The van der Waals surface area contributed by atoms with Crippen LogP contribution in [0.25, 0.3) is 0 Å². The van der Waals surface area contributed by atoms with Crippen molar-refractivity contribution in [1.29, 1.82) is 0 Å². The molecule has 1 atom stereocenters. The van der Waals surface area contributed by atoms with Crippen LogP contribution in [-0.4, -0.2) is 19.1 Å². The molecule has 2 aromatic rings. The number of carbonyl (C=O) groups is 1. The quantitative estimate of drug-likeness (QED) is 0.872. The first-order valence-corrected chi connectivity index (χ1v) is 7.35. The summed E-state index contributed by atoms with van der Waals surface area (Å²) < 4.78 is 5.30. The van der Waals surface area contributed by atoms with Gasteiger partial charge in [0.05, 0.1) is 23.5 Å². The van der Waals surface area contributed by atoms with Crippen LogP contribution in [0.2, 0.25) is 5.02 Å². The van der Waals surface area contributed by atoms with Crippen molar-refractivity contribution in [3.8, 4) is 5.75 Å². The summed E-state index contributed by atoms with van der Waals surface area (Å²) >= 11 is 6.05. The molecule has 0 heterocycles. The van der Waals surface area contributed by atoms with E-state index in [1.165, 1.54) is 0 Å². The molecule has 0 aliphatic carbocycles. The van der Waals surface area contributed by atoms with Crippen LogP contribution in [0.3, 0.4) is 0 Å². The maximum Gasteiger partial charge on any atom is 0.246 e. The highest BCUT2D eigenvalue weighted by molar-refractivity contribution is 6.33. The van der Waals surface area contributed by atoms with Gasteiger partial charge in [0, 0.05) is 0 Å². The number of nitrogens with one attached hydrogen (secondary N) is 2. The lowest BCUT2D eigenvalue weighted by Crippen LogP contribution is -2.32. The Balaban J connectivity index is 2.09. The van der Waals surface area contributed by atoms with Crippen molar-refractivity contribution < 1.29 is 9.53 Å². The Bertz CT molecular complexity index is 673. The van der Waals surface area contributed by atoms with E-state index in [2.05, 4.69) is 10.6 Å². The minimum absolute atomic E-state index is 0.170. The molecule has 1 unspecified atom stereocenters. The van der Waals surface area contributed by atoms with Crippen molar-refractivity contribution in [2.75, 3.05) is 17.7 Å². The Hall–Kier alpha value is -2.20. The van der Waals surface area contributed by atoms with Crippen molar-refractivity contribution in [1.82, 2.24) is 0 Å². The zero-order valence-electron chi connectivity index (χ0n) is 12.8. The molecule has 0 aliphatic heterocycles. The van der Waals surface area contributed by atoms with Crippen molar-refractivity contribution in [2.24, 2.45) is 0 Å². The highest BCUT2D eigenvalue weighted by atomic mass is 35.5. The van der Waals surface area contributed by atoms with Gasteiger partial charge in [-0.1, -0.05) is 29.8 Å². The van der Waals surface area contributed by atoms with Gasteiger partial charge in [-0.05, 0) is 43.7 Å². The summed E-state index contributed by atoms with van der Waals surface area (Å²) in [5.74, 6) is 0.527. The highest BCUT2D eigenvalue weighted by Crippen LogP contribution is 2.26. The molecule has 1 amide bonds. The van der Waals surface area contributed by atoms with Crippen LogP contribution in [0.4, 0.5) is 11.4 Å². The number of carbonyl (C=O) groups excluding carboxylic acids is 1. The lowest BCUT2D eigenvalue weighted by molar-refractivity contribution is -0.116. The molecular weight excluding hydrogens is 300 g/mol. The molecule has 0 saturated carbocycles. The maximum atomic E-state index is 12.3. The average molecular weight is 319 g/mol. The van der Waals surface area contributed by atoms with Gasteiger partial charge < -0.3 is 15.4 Å². The topological polar surface area (TPSA) is 50.4 Å². The second kappa shape index (κ2) is 7.18. The monoisotopic (exact) mass is 318 g/mol. The fourth-order valence-corrected chi connectivity index (χ4v) is 2.22. The molecule has 0 aromatic heterocycles. The number of ether oxygens (including phenoxy) is 1. The van der Waals surface area contributed by atoms with Gasteiger partial charge in [-0.3, -0.25) is 4.79 Å². The third-order valence-corrected chi connectivity index (χ3v) is 3.58. The largest absolute Gasteiger partial charge is 0.495 e. The summed E-state index contributed by atoms with van der Waals surface area (Å²) in [6.45, 7) is 3.77. The van der Waals surface area contributed by atoms with Crippen LogP contribution >= 0.6 is 11.6 Å². The number of para-hydroxylation sites is 1. The Morgan fingerprint density at radius 3 is 2.59 bits per heavy atom. The number of anilines is 2. The number of halogens is 1. The first kappa shape index (κ1) is 16.2. The van der Waals surface area contributed by atoms with Crippen LogP contribution < -0.4 is 15.4 Å². The molecule has 0 fully saturated rings. The number of hydrogen-bond donors (Lipinski definition) is 2. The molecule has 0 saturated heterocycles. The van der Waals surface area contributed by atoms with E-state index in [9.17, 15) is 4.79 Å². The second-order valence-corrected chi connectivity index (χ2v) is 5.45. The smallest absolute Gasteiger partial charge is 0.246 e. The van der Waals surface area contributed by atoms with Gasteiger partial charge in [0.15, 0.2) is 0 Å². The van der Waals surface area contributed by atoms with Crippen molar-refractivity contribution in [3.05, 3.63) is 53.1 Å². The van der Waals surface area contributed by atoms with Crippen molar-refractivity contribution in [2.45, 2.75) is 19.9 Å². The third kappa shape index (κ3) is 3.92. The Morgan fingerprint density at radius 2 is 1.91 bits per heavy atom. The molecule has 116 valence electrons. The molecule has 0 spiro atoms. The van der Waals surface area contributed by atoms with Gasteiger partial charge in [-0.15, -0.1) is 0 Å². The van der Waals surface area contributed by atoms with Crippen molar-refractivity contribution >= 4 is 28.9 Å². The molecule has 0 radical (unpaired) electrons. The van der Waals surface area contributed by atoms with E-state index in [0.29, 0.717) is 16.5 Å². The van der Waals surface area contributed by atoms with E-state index in [4.69, 9.17) is 16.3 Å². The average Bonchev–Trinajstić information content (AvgIpc) is 2.49. The summed E-state index contributed by atoms with van der Waals surface area (Å²) in [7, 11) is 1.60. The predicted molar refractivity (Wildman–Crippen MR) is 90.9 cm³/mol. The van der Waals surface area contributed by atoms with Gasteiger partial charge >= 0.3 is 0 Å². The number of benzene rings is 2. The number of hydrogen-bond acceptors (Lipinski definition) is 3. The fraction of sp³-hybridized carbons (Fsp3) is 0.235. The molecule has 22 heavy (non-hydrogen) atoms. The van der Waals surface area contributed by atoms with E-state index in [-0.39, 0.29) is 5.91 Å². The van der Waals surface area contributed by atoms with Crippen LogP contribution in [0.5, 0.6) is 5.75 Å². The normalized spacial score (nSPS) is 11.6. The predicted octanol–water partition coefficient (Wildman–Crippen LogP) is 4.10. The lowest BCUT2D eigenvalue weighted by Gasteiger charge is -2.18. The van der Waals surface area contributed by atoms with Gasteiger partial charge in [-0.2, -0.15) is 0 Å². The Labute approximate surface area is 135 Å². The summed E-state index contributed by atoms with van der Waals surface area (Å²) in [4.78, 5) is 12.3. The van der Waals surface area contributed by atoms with Crippen molar-refractivity contribution in [3.63, 3.8) is 0 Å². The lowest BCUT2D eigenvalue weighted by atomic mass is 10.2. The van der Waals surface area contributed by atoms with Gasteiger partial charge in [-0.25, -0.2) is 0 Å². The number of aryl methyl sites for hydroxylation is 1. The van der Waals surface area contributed by atoms with Crippen LogP contribution in [-0.2, 0) is 4.79 Å². The fourth-order valence-electron chi connectivity index (χ4n) is 2.04. The van der Waals surface area contributed by atoms with E-state index < -0.39 is 6.04 Å². The standard InChI is InChI=1S/C17H19ClN2O2/c1-11-8-9-16(22-3)15(10-11)19-12(2)17(21)20-14-7-5-4-6-13(14)18/h4-10,12,19H,1-3H3,(H,20,21). The molecule has 2 N–H and O–H groups in total. The minimum Gasteiger partial charge on any atom is -0.495 e. The first-order valence-electron chi connectivity index (χ1n) is 6.98. The van der Waals surface area contributed by atoms with E-state index >= 15 is 0 Å². The van der Waals surface area contributed by atoms with E-state index in [1.54, 1.807) is 26.2 Å². The number of rotatable bonds is 5. The van der Waals surface area contributed by atoms with Crippen LogP contribution in [0, 0.1) is 6.92 Å². The molecule has 2 rings (SSSR count). The summed E-state index contributed by atoms with van der Waals surface area (Å²) in [5.41, 5.74) is 2.46. The molecule has 0 bridgehead atoms. The second-order valence-electron chi connectivity index (χ2n) is 5.04. The molecule has 5 heteroatoms. The molecular formula is C17H19ClN2O2. The maximum absolute atomic E-state index is 12.3. The summed E-state index contributed by atoms with van der Waals surface area (Å²) in [6.07, 6.45) is 0. The Kier molecular flexibility index (Phi) is 5.28. The van der Waals surface area contributed by atoms with E-state index in [0.717, 1.165) is 11.3 Å². The zero-order chi connectivity index (χ0) is 16.1. The Morgan fingerprint density at radius 1 is 1.18 bits per heavy atom.